The third-order valence-electron chi connectivity index (χ3n) is 2.84. The van der Waals surface area contributed by atoms with E-state index in [0.29, 0.717) is 21.8 Å². The van der Waals surface area contributed by atoms with E-state index in [-0.39, 0.29) is 0 Å². The Morgan fingerprint density at radius 1 is 1.12 bits per heavy atom. The summed E-state index contributed by atoms with van der Waals surface area (Å²) < 4.78 is 1.69. The molecular weight excluding hydrogens is 257 g/mol. The molecule has 0 saturated heterocycles. The zero-order valence-corrected chi connectivity index (χ0v) is 10.5. The van der Waals surface area contributed by atoms with Gasteiger partial charge in [0, 0.05) is 22.0 Å². The van der Waals surface area contributed by atoms with Crippen molar-refractivity contribution >= 4 is 29.0 Å². The van der Waals surface area contributed by atoms with E-state index in [2.05, 4.69) is 5.10 Å². The number of benzene rings is 1. The summed E-state index contributed by atoms with van der Waals surface area (Å²) >= 11 is 11.9. The Kier molecular flexibility index (Phi) is 2.53. The second-order valence-electron chi connectivity index (χ2n) is 4.31. The Morgan fingerprint density at radius 3 is 2.35 bits per heavy atom. The van der Waals surface area contributed by atoms with Crippen molar-refractivity contribution in [2.24, 2.45) is 0 Å². The summed E-state index contributed by atoms with van der Waals surface area (Å²) in [6.07, 6.45) is 2.40. The fraction of sp³-hybridized carbons (Fsp3) is 0.250. The molecule has 17 heavy (non-hydrogen) atoms. The first kappa shape index (κ1) is 10.9. The molecule has 0 amide bonds. The molecule has 1 aliphatic carbocycles. The van der Waals surface area contributed by atoms with Crippen LogP contribution in [0.4, 0.5) is 5.82 Å². The van der Waals surface area contributed by atoms with Crippen LogP contribution in [0.25, 0.3) is 5.69 Å². The minimum Gasteiger partial charge on any atom is -0.384 e. The van der Waals surface area contributed by atoms with Crippen molar-refractivity contribution < 1.29 is 0 Å². The number of nitrogen functional groups attached to an aromatic ring is 1. The molecule has 1 aliphatic rings. The zero-order valence-electron chi connectivity index (χ0n) is 9.03. The minimum absolute atomic E-state index is 0.577. The lowest BCUT2D eigenvalue weighted by Crippen LogP contribution is -2.01. The smallest absolute Gasteiger partial charge is 0.127 e. The molecule has 0 bridgehead atoms. The monoisotopic (exact) mass is 267 g/mol. The Labute approximate surface area is 109 Å². The average molecular weight is 268 g/mol. The van der Waals surface area contributed by atoms with E-state index in [0.717, 1.165) is 11.4 Å². The predicted octanol–water partition coefficient (Wildman–Crippen LogP) is 3.64. The number of halogens is 2. The fourth-order valence-electron chi connectivity index (χ4n) is 1.86. The third-order valence-corrected chi connectivity index (χ3v) is 3.28. The lowest BCUT2D eigenvalue weighted by Gasteiger charge is -2.05. The van der Waals surface area contributed by atoms with Crippen LogP contribution in [0.5, 0.6) is 0 Å². The van der Waals surface area contributed by atoms with E-state index >= 15 is 0 Å². The fourth-order valence-corrected chi connectivity index (χ4v) is 2.38. The first-order valence-corrected chi connectivity index (χ1v) is 6.21. The quantitative estimate of drug-likeness (QED) is 0.903. The molecule has 3 nitrogen and oxygen atoms in total. The number of nitrogens with zero attached hydrogens (tertiary/aromatic N) is 2. The summed E-state index contributed by atoms with van der Waals surface area (Å²) in [5.74, 6) is 1.19. The van der Waals surface area contributed by atoms with Crippen molar-refractivity contribution in [3.05, 3.63) is 40.0 Å². The van der Waals surface area contributed by atoms with Gasteiger partial charge in [-0.3, -0.25) is 0 Å². The van der Waals surface area contributed by atoms with Gasteiger partial charge >= 0.3 is 0 Å². The predicted molar refractivity (Wildman–Crippen MR) is 70.0 cm³/mol. The van der Waals surface area contributed by atoms with E-state index < -0.39 is 0 Å². The standard InChI is InChI=1S/C12H11Cl2N3/c13-8-3-9(14)5-10(4-8)17-12(15)6-11(16-17)7-1-2-7/h3-7H,1-2,15H2. The maximum Gasteiger partial charge on any atom is 0.127 e. The van der Waals surface area contributed by atoms with E-state index in [4.69, 9.17) is 28.9 Å². The summed E-state index contributed by atoms with van der Waals surface area (Å²) in [6, 6.07) is 7.21. The summed E-state index contributed by atoms with van der Waals surface area (Å²) in [5, 5.41) is 5.66. The van der Waals surface area contributed by atoms with Crippen molar-refractivity contribution in [2.45, 2.75) is 18.8 Å². The molecular formula is C12H11Cl2N3. The van der Waals surface area contributed by atoms with Gasteiger partial charge < -0.3 is 5.73 Å². The van der Waals surface area contributed by atoms with Gasteiger partial charge in [-0.05, 0) is 31.0 Å². The first-order chi connectivity index (χ1) is 8.13. The number of hydrogen-bond acceptors (Lipinski definition) is 2. The molecule has 1 fully saturated rings. The zero-order chi connectivity index (χ0) is 12.0. The highest BCUT2D eigenvalue weighted by atomic mass is 35.5. The lowest BCUT2D eigenvalue weighted by molar-refractivity contribution is 0.845. The van der Waals surface area contributed by atoms with Crippen LogP contribution < -0.4 is 5.73 Å². The summed E-state index contributed by atoms with van der Waals surface area (Å²) in [7, 11) is 0. The highest BCUT2D eigenvalue weighted by Gasteiger charge is 2.27. The molecule has 3 rings (SSSR count). The molecule has 5 heteroatoms. The molecule has 1 heterocycles. The van der Waals surface area contributed by atoms with Gasteiger partial charge in [-0.25, -0.2) is 4.68 Å². The second-order valence-corrected chi connectivity index (χ2v) is 5.18. The molecule has 0 radical (unpaired) electrons. The SMILES string of the molecule is Nc1cc(C2CC2)nn1-c1cc(Cl)cc(Cl)c1. The van der Waals surface area contributed by atoms with Crippen molar-refractivity contribution in [3.8, 4) is 5.69 Å². The first-order valence-electron chi connectivity index (χ1n) is 5.45. The molecule has 0 spiro atoms. The van der Waals surface area contributed by atoms with Gasteiger partial charge in [-0.15, -0.1) is 0 Å². The van der Waals surface area contributed by atoms with Gasteiger partial charge in [0.05, 0.1) is 11.4 Å². The minimum atomic E-state index is 0.577. The van der Waals surface area contributed by atoms with Gasteiger partial charge in [0.15, 0.2) is 0 Å². The average Bonchev–Trinajstić information content (AvgIpc) is 3.01. The third kappa shape index (κ3) is 2.13. The molecule has 0 unspecified atom stereocenters. The number of rotatable bonds is 2. The van der Waals surface area contributed by atoms with Crippen LogP contribution >= 0.6 is 23.2 Å². The Morgan fingerprint density at radius 2 is 1.76 bits per heavy atom. The van der Waals surface area contributed by atoms with Crippen LogP contribution in [0.3, 0.4) is 0 Å². The summed E-state index contributed by atoms with van der Waals surface area (Å²) in [4.78, 5) is 0. The Balaban J connectivity index is 2.07. The van der Waals surface area contributed by atoms with Crippen LogP contribution in [0.1, 0.15) is 24.5 Å². The van der Waals surface area contributed by atoms with Crippen molar-refractivity contribution in [3.63, 3.8) is 0 Å². The van der Waals surface area contributed by atoms with Crippen molar-refractivity contribution in [1.29, 1.82) is 0 Å². The van der Waals surface area contributed by atoms with Gasteiger partial charge in [-0.1, -0.05) is 23.2 Å². The molecule has 2 aromatic rings. The van der Waals surface area contributed by atoms with E-state index in [1.807, 2.05) is 6.07 Å². The topological polar surface area (TPSA) is 43.8 Å². The summed E-state index contributed by atoms with van der Waals surface area (Å²) in [6.45, 7) is 0. The maximum absolute atomic E-state index is 5.97. The normalized spacial score (nSPS) is 15.2. The molecule has 1 aromatic carbocycles. The van der Waals surface area contributed by atoms with Gasteiger partial charge in [-0.2, -0.15) is 5.10 Å². The second kappa shape index (κ2) is 3.93. The van der Waals surface area contributed by atoms with Gasteiger partial charge in [0.25, 0.3) is 0 Å². The van der Waals surface area contributed by atoms with Crippen LogP contribution in [0.2, 0.25) is 10.0 Å². The Bertz CT molecular complexity index is 553. The number of nitrogens with two attached hydrogens (primary N) is 1. The molecule has 1 aromatic heterocycles. The summed E-state index contributed by atoms with van der Waals surface area (Å²) in [5.41, 5.74) is 7.81. The maximum atomic E-state index is 5.97. The van der Waals surface area contributed by atoms with E-state index in [1.54, 1.807) is 22.9 Å². The number of hydrogen-bond donors (Lipinski definition) is 1. The van der Waals surface area contributed by atoms with Crippen LogP contribution in [-0.2, 0) is 0 Å². The van der Waals surface area contributed by atoms with E-state index in [1.165, 1.54) is 12.8 Å². The molecule has 0 aliphatic heterocycles. The highest BCUT2D eigenvalue weighted by molar-refractivity contribution is 6.34. The molecule has 88 valence electrons. The highest BCUT2D eigenvalue weighted by Crippen LogP contribution is 2.40. The molecule has 2 N–H and O–H groups in total. The van der Waals surface area contributed by atoms with Crippen molar-refractivity contribution in [1.82, 2.24) is 9.78 Å². The van der Waals surface area contributed by atoms with Crippen LogP contribution in [0, 0.1) is 0 Å². The lowest BCUT2D eigenvalue weighted by atomic mass is 10.3. The largest absolute Gasteiger partial charge is 0.384 e. The van der Waals surface area contributed by atoms with Gasteiger partial charge in [0.2, 0.25) is 0 Å². The number of anilines is 1. The molecule has 0 atom stereocenters. The van der Waals surface area contributed by atoms with Crippen molar-refractivity contribution in [2.75, 3.05) is 5.73 Å². The number of aromatic nitrogens is 2. The Hall–Kier alpha value is -1.19. The van der Waals surface area contributed by atoms with Gasteiger partial charge in [0.1, 0.15) is 5.82 Å². The van der Waals surface area contributed by atoms with Crippen LogP contribution in [0.15, 0.2) is 24.3 Å². The molecule has 1 saturated carbocycles. The van der Waals surface area contributed by atoms with E-state index in [9.17, 15) is 0 Å². The van der Waals surface area contributed by atoms with Crippen LogP contribution in [-0.4, -0.2) is 9.78 Å².